The summed E-state index contributed by atoms with van der Waals surface area (Å²) >= 11 is 3.44. The van der Waals surface area contributed by atoms with Crippen molar-refractivity contribution in [3.05, 3.63) is 59.2 Å². The number of halogens is 1. The third kappa shape index (κ3) is 9.93. The van der Waals surface area contributed by atoms with Gasteiger partial charge in [-0.3, -0.25) is 4.90 Å². The van der Waals surface area contributed by atoms with Gasteiger partial charge in [0.25, 0.3) is 0 Å². The highest BCUT2D eigenvalue weighted by Crippen LogP contribution is 2.27. The van der Waals surface area contributed by atoms with Crippen molar-refractivity contribution in [1.82, 2.24) is 4.90 Å². The summed E-state index contributed by atoms with van der Waals surface area (Å²) in [5.41, 5.74) is 3.93. The molecule has 2 aromatic carbocycles. The minimum absolute atomic E-state index is 0.154. The second-order valence-corrected chi connectivity index (χ2v) is 10.1. The first-order valence-electron chi connectivity index (χ1n) is 11.6. The molecule has 0 aliphatic heterocycles. The summed E-state index contributed by atoms with van der Waals surface area (Å²) in [6, 6.07) is 14.8. The number of rotatable bonds is 14. The molecule has 178 valence electrons. The Morgan fingerprint density at radius 1 is 0.875 bits per heavy atom. The molecule has 0 saturated heterocycles. The number of nitrogens with zero attached hydrogens (tertiary/aromatic N) is 1. The SMILES string of the molecule is Cc1cc(C(C)(C)C)ccc1OCCOCCN(C)Cc1ccc(OCCCCBr)cc1. The second-order valence-electron chi connectivity index (χ2n) is 9.32. The van der Waals surface area contributed by atoms with E-state index < -0.39 is 0 Å². The lowest BCUT2D eigenvalue weighted by Gasteiger charge is -2.20. The molecule has 5 heteroatoms. The van der Waals surface area contributed by atoms with Crippen molar-refractivity contribution in [2.75, 3.05) is 45.4 Å². The van der Waals surface area contributed by atoms with Crippen LogP contribution in [-0.2, 0) is 16.7 Å². The maximum Gasteiger partial charge on any atom is 0.122 e. The van der Waals surface area contributed by atoms with E-state index in [4.69, 9.17) is 14.2 Å². The summed E-state index contributed by atoms with van der Waals surface area (Å²) in [7, 11) is 2.12. The molecule has 0 aromatic heterocycles. The van der Waals surface area contributed by atoms with Gasteiger partial charge < -0.3 is 14.2 Å². The highest BCUT2D eigenvalue weighted by atomic mass is 79.9. The third-order valence-electron chi connectivity index (χ3n) is 5.32. The standard InChI is InChI=1S/C27H40BrNO3/c1-22-20-24(27(2,3)4)10-13-26(22)32-19-18-30-17-15-29(5)21-23-8-11-25(12-9-23)31-16-7-6-14-28/h8-13,20H,6-7,14-19,21H2,1-5H3. The topological polar surface area (TPSA) is 30.9 Å². The molecule has 0 heterocycles. The third-order valence-corrected chi connectivity index (χ3v) is 5.88. The van der Waals surface area contributed by atoms with Crippen molar-refractivity contribution < 1.29 is 14.2 Å². The lowest BCUT2D eigenvalue weighted by atomic mass is 9.86. The molecule has 4 nitrogen and oxygen atoms in total. The molecule has 0 unspecified atom stereocenters. The Labute approximate surface area is 203 Å². The maximum absolute atomic E-state index is 5.91. The average Bonchev–Trinajstić information content (AvgIpc) is 2.75. The minimum Gasteiger partial charge on any atom is -0.494 e. The van der Waals surface area contributed by atoms with Gasteiger partial charge in [-0.15, -0.1) is 0 Å². The van der Waals surface area contributed by atoms with Crippen LogP contribution in [0.5, 0.6) is 11.5 Å². The summed E-state index contributed by atoms with van der Waals surface area (Å²) < 4.78 is 17.4. The molecule has 0 fully saturated rings. The van der Waals surface area contributed by atoms with E-state index in [0.717, 1.165) is 49.4 Å². The predicted molar refractivity (Wildman–Crippen MR) is 137 cm³/mol. The summed E-state index contributed by atoms with van der Waals surface area (Å²) in [4.78, 5) is 2.27. The fraction of sp³-hybridized carbons (Fsp3) is 0.556. The van der Waals surface area contributed by atoms with Gasteiger partial charge in [-0.1, -0.05) is 61.0 Å². The molecule has 0 aliphatic rings. The fourth-order valence-electron chi connectivity index (χ4n) is 3.28. The zero-order valence-electron chi connectivity index (χ0n) is 20.5. The van der Waals surface area contributed by atoms with Crippen LogP contribution in [0.25, 0.3) is 0 Å². The lowest BCUT2D eigenvalue weighted by molar-refractivity contribution is 0.0835. The molecule has 2 aromatic rings. The highest BCUT2D eigenvalue weighted by Gasteiger charge is 2.14. The minimum atomic E-state index is 0.154. The fourth-order valence-corrected chi connectivity index (χ4v) is 3.68. The van der Waals surface area contributed by atoms with Gasteiger partial charge in [0, 0.05) is 18.4 Å². The number of hydrogen-bond donors (Lipinski definition) is 0. The molecule has 0 N–H and O–H groups in total. The number of unbranched alkanes of at least 4 members (excludes halogenated alkanes) is 1. The Morgan fingerprint density at radius 3 is 2.28 bits per heavy atom. The first kappa shape index (κ1) is 26.7. The molecule has 0 aliphatic carbocycles. The van der Waals surface area contributed by atoms with E-state index in [1.807, 2.05) is 0 Å². The van der Waals surface area contributed by atoms with Crippen LogP contribution in [0, 0.1) is 6.92 Å². The van der Waals surface area contributed by atoms with E-state index in [2.05, 4.69) is 98.0 Å². The van der Waals surface area contributed by atoms with E-state index in [1.54, 1.807) is 0 Å². The summed E-state index contributed by atoms with van der Waals surface area (Å²) in [6.45, 7) is 13.2. The smallest absolute Gasteiger partial charge is 0.122 e. The van der Waals surface area contributed by atoms with E-state index in [9.17, 15) is 0 Å². The van der Waals surface area contributed by atoms with Crippen LogP contribution in [-0.4, -0.2) is 50.2 Å². The molecule has 0 saturated carbocycles. The zero-order valence-corrected chi connectivity index (χ0v) is 22.0. The van der Waals surface area contributed by atoms with Crippen LogP contribution >= 0.6 is 15.9 Å². The Kier molecular flexibility index (Phi) is 11.6. The van der Waals surface area contributed by atoms with Crippen molar-refractivity contribution in [3.8, 4) is 11.5 Å². The van der Waals surface area contributed by atoms with Gasteiger partial charge in [-0.05, 0) is 67.1 Å². The molecule has 0 amide bonds. The zero-order chi connectivity index (χ0) is 23.4. The summed E-state index contributed by atoms with van der Waals surface area (Å²) in [5.74, 6) is 1.88. The number of ether oxygens (including phenoxy) is 3. The van der Waals surface area contributed by atoms with Gasteiger partial charge in [0.1, 0.15) is 18.1 Å². The number of alkyl halides is 1. The number of benzene rings is 2. The second kappa shape index (κ2) is 13.9. The van der Waals surface area contributed by atoms with Gasteiger partial charge in [0.05, 0.1) is 19.8 Å². The average molecular weight is 507 g/mol. The van der Waals surface area contributed by atoms with E-state index in [0.29, 0.717) is 19.8 Å². The number of aryl methyl sites for hydroxylation is 1. The van der Waals surface area contributed by atoms with Crippen LogP contribution in [0.1, 0.15) is 50.3 Å². The first-order valence-corrected chi connectivity index (χ1v) is 12.7. The lowest BCUT2D eigenvalue weighted by Crippen LogP contribution is -2.23. The Balaban J connectivity index is 1.60. The van der Waals surface area contributed by atoms with Crippen LogP contribution in [0.15, 0.2) is 42.5 Å². The summed E-state index contributed by atoms with van der Waals surface area (Å²) in [5, 5.41) is 1.03. The molecular formula is C27H40BrNO3. The first-order chi connectivity index (χ1) is 15.3. The van der Waals surface area contributed by atoms with Gasteiger partial charge in [0.15, 0.2) is 0 Å². The van der Waals surface area contributed by atoms with Crippen LogP contribution in [0.3, 0.4) is 0 Å². The largest absolute Gasteiger partial charge is 0.494 e. The van der Waals surface area contributed by atoms with Crippen molar-refractivity contribution >= 4 is 15.9 Å². The Hall–Kier alpha value is -1.56. The van der Waals surface area contributed by atoms with E-state index in [-0.39, 0.29) is 5.41 Å². The van der Waals surface area contributed by atoms with Crippen LogP contribution < -0.4 is 9.47 Å². The Bertz CT molecular complexity index is 786. The number of hydrogen-bond acceptors (Lipinski definition) is 4. The molecule has 2 rings (SSSR count). The predicted octanol–water partition coefficient (Wildman–Crippen LogP) is 6.37. The van der Waals surface area contributed by atoms with Gasteiger partial charge in [-0.2, -0.15) is 0 Å². The quantitative estimate of drug-likeness (QED) is 0.220. The molecule has 0 spiro atoms. The molecule has 0 atom stereocenters. The van der Waals surface area contributed by atoms with Crippen LogP contribution in [0.2, 0.25) is 0 Å². The van der Waals surface area contributed by atoms with Crippen molar-refractivity contribution in [1.29, 1.82) is 0 Å². The Morgan fingerprint density at radius 2 is 1.62 bits per heavy atom. The number of likely N-dealkylation sites (N-methyl/N-ethyl adjacent to an activating group) is 1. The molecule has 0 bridgehead atoms. The molecule has 32 heavy (non-hydrogen) atoms. The maximum atomic E-state index is 5.91. The van der Waals surface area contributed by atoms with Crippen molar-refractivity contribution in [3.63, 3.8) is 0 Å². The van der Waals surface area contributed by atoms with Gasteiger partial charge >= 0.3 is 0 Å². The highest BCUT2D eigenvalue weighted by molar-refractivity contribution is 9.09. The van der Waals surface area contributed by atoms with Gasteiger partial charge in [-0.25, -0.2) is 0 Å². The monoisotopic (exact) mass is 505 g/mol. The van der Waals surface area contributed by atoms with Gasteiger partial charge in [0.2, 0.25) is 0 Å². The van der Waals surface area contributed by atoms with E-state index in [1.165, 1.54) is 16.7 Å². The molecule has 0 radical (unpaired) electrons. The van der Waals surface area contributed by atoms with Crippen LogP contribution in [0.4, 0.5) is 0 Å². The molecular weight excluding hydrogens is 466 g/mol. The van der Waals surface area contributed by atoms with Crippen molar-refractivity contribution in [2.45, 2.75) is 52.5 Å². The normalized spacial score (nSPS) is 11.7. The van der Waals surface area contributed by atoms with Crippen molar-refractivity contribution in [2.24, 2.45) is 0 Å². The summed E-state index contributed by atoms with van der Waals surface area (Å²) in [6.07, 6.45) is 2.21. The van der Waals surface area contributed by atoms with E-state index >= 15 is 0 Å².